The van der Waals surface area contributed by atoms with E-state index in [-0.39, 0.29) is 6.10 Å². The zero-order chi connectivity index (χ0) is 14.3. The van der Waals surface area contributed by atoms with Crippen LogP contribution in [0.5, 0.6) is 0 Å². The van der Waals surface area contributed by atoms with Crippen LogP contribution in [-0.2, 0) is 0 Å². The van der Waals surface area contributed by atoms with E-state index in [1.807, 2.05) is 19.9 Å². The van der Waals surface area contributed by atoms with Gasteiger partial charge in [-0.15, -0.1) is 0 Å². The van der Waals surface area contributed by atoms with Crippen molar-refractivity contribution in [3.05, 3.63) is 11.9 Å². The second-order valence-electron chi connectivity index (χ2n) is 4.74. The molecular weight excluding hydrogens is 240 g/mol. The van der Waals surface area contributed by atoms with Gasteiger partial charge in [-0.3, -0.25) is 0 Å². The maximum Gasteiger partial charge on any atom is 0.131 e. The Morgan fingerprint density at radius 3 is 2.21 bits per heavy atom. The van der Waals surface area contributed by atoms with Crippen LogP contribution in [0, 0.1) is 12.8 Å². The van der Waals surface area contributed by atoms with Crippen molar-refractivity contribution in [2.24, 2.45) is 5.92 Å². The van der Waals surface area contributed by atoms with Crippen LogP contribution in [0.3, 0.4) is 0 Å². The van der Waals surface area contributed by atoms with E-state index in [0.29, 0.717) is 12.5 Å². The van der Waals surface area contributed by atoms with Crippen LogP contribution in [0.1, 0.15) is 39.4 Å². The van der Waals surface area contributed by atoms with E-state index in [1.54, 1.807) is 0 Å². The smallest absolute Gasteiger partial charge is 0.131 e. The largest absolute Gasteiger partial charge is 0.391 e. The molecule has 19 heavy (non-hydrogen) atoms. The molecular formula is C14H26N4O. The average molecular weight is 266 g/mol. The summed E-state index contributed by atoms with van der Waals surface area (Å²) in [6.07, 6.45) is 1.64. The van der Waals surface area contributed by atoms with E-state index in [2.05, 4.69) is 34.4 Å². The molecule has 0 saturated carbocycles. The van der Waals surface area contributed by atoms with Gasteiger partial charge in [-0.05, 0) is 19.8 Å². The van der Waals surface area contributed by atoms with Gasteiger partial charge in [-0.2, -0.15) is 0 Å². The Morgan fingerprint density at radius 1 is 1.11 bits per heavy atom. The SMILES string of the molecule is CCNc1cc(NCC(O)C(CC)CC)nc(C)n1. The van der Waals surface area contributed by atoms with Gasteiger partial charge in [0.2, 0.25) is 0 Å². The van der Waals surface area contributed by atoms with Crippen LogP contribution < -0.4 is 10.6 Å². The Hall–Kier alpha value is -1.36. The third-order valence-electron chi connectivity index (χ3n) is 3.28. The molecule has 0 aliphatic heterocycles. The highest BCUT2D eigenvalue weighted by Crippen LogP contribution is 2.15. The van der Waals surface area contributed by atoms with Crippen molar-refractivity contribution in [2.75, 3.05) is 23.7 Å². The molecule has 0 spiro atoms. The summed E-state index contributed by atoms with van der Waals surface area (Å²) < 4.78 is 0. The zero-order valence-corrected chi connectivity index (χ0v) is 12.4. The molecule has 5 heteroatoms. The molecule has 0 radical (unpaired) electrons. The predicted molar refractivity (Wildman–Crippen MR) is 79.5 cm³/mol. The number of aryl methyl sites for hydroxylation is 1. The molecule has 1 aromatic heterocycles. The average Bonchev–Trinajstić information content (AvgIpc) is 2.37. The number of rotatable bonds is 8. The molecule has 0 aliphatic carbocycles. The molecule has 1 atom stereocenters. The molecule has 1 aromatic rings. The lowest BCUT2D eigenvalue weighted by Gasteiger charge is -2.20. The zero-order valence-electron chi connectivity index (χ0n) is 12.4. The maximum absolute atomic E-state index is 10.1. The second-order valence-corrected chi connectivity index (χ2v) is 4.74. The molecule has 3 N–H and O–H groups in total. The number of nitrogens with one attached hydrogen (secondary N) is 2. The number of anilines is 2. The van der Waals surface area contributed by atoms with Gasteiger partial charge in [-0.1, -0.05) is 26.7 Å². The van der Waals surface area contributed by atoms with Crippen molar-refractivity contribution in [1.29, 1.82) is 0 Å². The molecule has 0 saturated heterocycles. The van der Waals surface area contributed by atoms with Gasteiger partial charge in [0.1, 0.15) is 17.5 Å². The minimum atomic E-state index is -0.340. The van der Waals surface area contributed by atoms with Crippen LogP contribution in [0.25, 0.3) is 0 Å². The fourth-order valence-electron chi connectivity index (χ4n) is 2.14. The number of aromatic nitrogens is 2. The van der Waals surface area contributed by atoms with E-state index < -0.39 is 0 Å². The molecule has 0 aromatic carbocycles. The van der Waals surface area contributed by atoms with Crippen LogP contribution in [-0.4, -0.2) is 34.3 Å². The minimum Gasteiger partial charge on any atom is -0.391 e. The Balaban J connectivity index is 2.61. The molecule has 108 valence electrons. The number of nitrogens with zero attached hydrogens (tertiary/aromatic N) is 2. The molecule has 0 bridgehead atoms. The predicted octanol–water partition coefficient (Wildman–Crippen LogP) is 2.43. The summed E-state index contributed by atoms with van der Waals surface area (Å²) in [5.74, 6) is 2.63. The molecule has 0 fully saturated rings. The van der Waals surface area contributed by atoms with E-state index in [9.17, 15) is 5.11 Å². The second kappa shape index (κ2) is 7.94. The lowest BCUT2D eigenvalue weighted by atomic mass is 9.97. The number of aliphatic hydroxyl groups excluding tert-OH is 1. The van der Waals surface area contributed by atoms with Gasteiger partial charge in [0.15, 0.2) is 0 Å². The van der Waals surface area contributed by atoms with Crippen molar-refractivity contribution < 1.29 is 5.11 Å². The van der Waals surface area contributed by atoms with Crippen LogP contribution in [0.15, 0.2) is 6.07 Å². The molecule has 5 nitrogen and oxygen atoms in total. The monoisotopic (exact) mass is 266 g/mol. The van der Waals surface area contributed by atoms with Crippen molar-refractivity contribution in [3.63, 3.8) is 0 Å². The molecule has 1 heterocycles. The first-order valence-corrected chi connectivity index (χ1v) is 7.12. The maximum atomic E-state index is 10.1. The number of hydrogen-bond acceptors (Lipinski definition) is 5. The standard InChI is InChI=1S/C14H26N4O/c1-5-11(6-2)12(19)9-16-14-8-13(15-7-3)17-10(4)18-14/h8,11-12,19H,5-7,9H2,1-4H3,(H2,15,16,17,18). The van der Waals surface area contributed by atoms with E-state index in [4.69, 9.17) is 0 Å². The van der Waals surface area contributed by atoms with E-state index in [1.165, 1.54) is 0 Å². The summed E-state index contributed by atoms with van der Waals surface area (Å²) in [6.45, 7) is 9.45. The normalized spacial score (nSPS) is 12.5. The highest BCUT2D eigenvalue weighted by atomic mass is 16.3. The van der Waals surface area contributed by atoms with Gasteiger partial charge in [0, 0.05) is 19.2 Å². The third kappa shape index (κ3) is 5.03. The first kappa shape index (κ1) is 15.7. The Labute approximate surface area is 115 Å². The fourth-order valence-corrected chi connectivity index (χ4v) is 2.14. The first-order valence-electron chi connectivity index (χ1n) is 7.12. The summed E-state index contributed by atoms with van der Waals surface area (Å²) in [6, 6.07) is 1.87. The van der Waals surface area contributed by atoms with Crippen molar-refractivity contribution in [2.45, 2.75) is 46.6 Å². The van der Waals surface area contributed by atoms with Gasteiger partial charge >= 0.3 is 0 Å². The summed E-state index contributed by atoms with van der Waals surface area (Å²) in [5, 5.41) is 16.5. The molecule has 1 rings (SSSR count). The van der Waals surface area contributed by atoms with Gasteiger partial charge < -0.3 is 15.7 Å². The van der Waals surface area contributed by atoms with Gasteiger partial charge in [-0.25, -0.2) is 9.97 Å². The number of hydrogen-bond donors (Lipinski definition) is 3. The Morgan fingerprint density at radius 2 is 1.68 bits per heavy atom. The minimum absolute atomic E-state index is 0.337. The van der Waals surface area contributed by atoms with E-state index >= 15 is 0 Å². The quantitative estimate of drug-likeness (QED) is 0.674. The lowest BCUT2D eigenvalue weighted by Crippen LogP contribution is -2.28. The summed E-state index contributed by atoms with van der Waals surface area (Å²) >= 11 is 0. The van der Waals surface area contributed by atoms with Gasteiger partial charge in [0.05, 0.1) is 6.10 Å². The molecule has 1 unspecified atom stereocenters. The van der Waals surface area contributed by atoms with Crippen LogP contribution in [0.2, 0.25) is 0 Å². The third-order valence-corrected chi connectivity index (χ3v) is 3.28. The fraction of sp³-hybridized carbons (Fsp3) is 0.714. The lowest BCUT2D eigenvalue weighted by molar-refractivity contribution is 0.114. The van der Waals surface area contributed by atoms with Crippen molar-refractivity contribution >= 4 is 11.6 Å². The summed E-state index contributed by atoms with van der Waals surface area (Å²) in [7, 11) is 0. The Bertz CT molecular complexity index is 380. The van der Waals surface area contributed by atoms with Crippen LogP contribution >= 0.6 is 0 Å². The van der Waals surface area contributed by atoms with Crippen molar-refractivity contribution in [3.8, 4) is 0 Å². The summed E-state index contributed by atoms with van der Waals surface area (Å²) in [4.78, 5) is 8.62. The molecule has 0 aliphatic rings. The van der Waals surface area contributed by atoms with Crippen molar-refractivity contribution in [1.82, 2.24) is 9.97 Å². The van der Waals surface area contributed by atoms with Crippen LogP contribution in [0.4, 0.5) is 11.6 Å². The Kier molecular flexibility index (Phi) is 6.56. The topological polar surface area (TPSA) is 70.1 Å². The molecule has 0 amide bonds. The number of aliphatic hydroxyl groups is 1. The first-order chi connectivity index (χ1) is 9.10. The highest BCUT2D eigenvalue weighted by molar-refractivity contribution is 5.47. The summed E-state index contributed by atoms with van der Waals surface area (Å²) in [5.41, 5.74) is 0. The highest BCUT2D eigenvalue weighted by Gasteiger charge is 2.15. The van der Waals surface area contributed by atoms with Gasteiger partial charge in [0.25, 0.3) is 0 Å². The van der Waals surface area contributed by atoms with E-state index in [0.717, 1.165) is 36.8 Å².